The Balaban J connectivity index is 2.18. The molecule has 2 aliphatic heterocycles. The van der Waals surface area contributed by atoms with Crippen molar-refractivity contribution in [3.63, 3.8) is 0 Å². The summed E-state index contributed by atoms with van der Waals surface area (Å²) in [6.07, 6.45) is 7.20. The van der Waals surface area contributed by atoms with E-state index in [1.54, 1.807) is 12.3 Å². The maximum Gasteiger partial charge on any atom is 0.299 e. The largest absolute Gasteiger partial charge is 0.380 e. The Kier molecular flexibility index (Phi) is 1.67. The van der Waals surface area contributed by atoms with Crippen LogP contribution < -0.4 is 5.32 Å². The van der Waals surface area contributed by atoms with Crippen LogP contribution in [0.15, 0.2) is 56.5 Å². The number of rotatable bonds is 0. The van der Waals surface area contributed by atoms with Gasteiger partial charge in [0, 0.05) is 16.8 Å². The number of hydrogen-bond acceptors (Lipinski definition) is 3. The average Bonchev–Trinajstić information content (AvgIpc) is 2.61. The van der Waals surface area contributed by atoms with E-state index in [9.17, 15) is 4.79 Å². The van der Waals surface area contributed by atoms with E-state index in [1.807, 2.05) is 12.2 Å². The van der Waals surface area contributed by atoms with E-state index in [4.69, 9.17) is 11.6 Å². The van der Waals surface area contributed by atoms with E-state index in [0.717, 1.165) is 5.57 Å². The second-order valence-corrected chi connectivity index (χ2v) is 3.84. The lowest BCUT2D eigenvalue weighted by Crippen LogP contribution is -2.30. The molecule has 5 heteroatoms. The topological polar surface area (TPSA) is 53.8 Å². The molecule has 74 valence electrons. The van der Waals surface area contributed by atoms with Gasteiger partial charge in [-0.2, -0.15) is 0 Å². The molecule has 0 bridgehead atoms. The van der Waals surface area contributed by atoms with Crippen molar-refractivity contribution < 1.29 is 4.79 Å². The van der Waals surface area contributed by atoms with Gasteiger partial charge in [-0.1, -0.05) is 17.7 Å². The molecule has 0 radical (unpaired) electrons. The van der Waals surface area contributed by atoms with E-state index in [1.165, 1.54) is 0 Å². The van der Waals surface area contributed by atoms with E-state index >= 15 is 0 Å². The monoisotopic (exact) mass is 219 g/mol. The number of dihydropyridines is 1. The molecule has 3 rings (SSSR count). The first-order chi connectivity index (χ1) is 7.25. The minimum atomic E-state index is -0.303. The van der Waals surface area contributed by atoms with Gasteiger partial charge < -0.3 is 5.32 Å². The minimum absolute atomic E-state index is 0.0381. The van der Waals surface area contributed by atoms with Gasteiger partial charge in [0.1, 0.15) is 5.70 Å². The number of allylic oxidation sites excluding steroid dienone is 2. The summed E-state index contributed by atoms with van der Waals surface area (Å²) in [5, 5.41) is 11.1. The Hall–Kier alpha value is -1.68. The Labute approximate surface area is 90.7 Å². The highest BCUT2D eigenvalue weighted by atomic mass is 35.5. The minimum Gasteiger partial charge on any atom is -0.380 e. The first-order valence-electron chi connectivity index (χ1n) is 4.48. The van der Waals surface area contributed by atoms with E-state index in [2.05, 4.69) is 15.5 Å². The molecule has 1 N–H and O–H groups in total. The average molecular weight is 220 g/mol. The highest BCUT2D eigenvalue weighted by Gasteiger charge is 2.30. The second kappa shape index (κ2) is 2.90. The molecule has 2 heterocycles. The molecule has 0 spiro atoms. The predicted octanol–water partition coefficient (Wildman–Crippen LogP) is 1.78. The lowest BCUT2D eigenvalue weighted by atomic mass is 9.94. The third-order valence-corrected chi connectivity index (χ3v) is 2.72. The summed E-state index contributed by atoms with van der Waals surface area (Å²) in [5.74, 6) is -0.303. The van der Waals surface area contributed by atoms with Gasteiger partial charge in [0.05, 0.1) is 11.6 Å². The van der Waals surface area contributed by atoms with Gasteiger partial charge in [-0.05, 0) is 12.2 Å². The van der Waals surface area contributed by atoms with Crippen LogP contribution in [0.5, 0.6) is 0 Å². The number of carbonyl (C=O) groups excluding carboxylic acids is 1. The number of nitrogens with zero attached hydrogens (tertiary/aromatic N) is 2. The summed E-state index contributed by atoms with van der Waals surface area (Å²) in [4.78, 5) is 11.3. The van der Waals surface area contributed by atoms with Crippen LogP contribution in [0.25, 0.3) is 0 Å². The molecule has 1 amide bonds. The standard InChI is InChI=1S/C10H6ClN3O/c11-5-1-2-8-6(3-5)9-7(4-12-8)10(15)14-13-9/h1-4,8,12H. The molecule has 0 aromatic carbocycles. The molecule has 0 aromatic rings. The van der Waals surface area contributed by atoms with Crippen LogP contribution in [0.1, 0.15) is 0 Å². The highest BCUT2D eigenvalue weighted by Crippen LogP contribution is 2.33. The van der Waals surface area contributed by atoms with E-state index < -0.39 is 0 Å². The summed E-state index contributed by atoms with van der Waals surface area (Å²) in [6.45, 7) is 0. The predicted molar refractivity (Wildman–Crippen MR) is 55.0 cm³/mol. The zero-order chi connectivity index (χ0) is 10.4. The molecule has 0 saturated heterocycles. The molecule has 1 aliphatic carbocycles. The zero-order valence-corrected chi connectivity index (χ0v) is 8.32. The van der Waals surface area contributed by atoms with Crippen LogP contribution >= 0.6 is 11.6 Å². The van der Waals surface area contributed by atoms with Crippen molar-refractivity contribution in [1.29, 1.82) is 0 Å². The second-order valence-electron chi connectivity index (χ2n) is 3.40. The Morgan fingerprint density at radius 3 is 3.13 bits per heavy atom. The quantitative estimate of drug-likeness (QED) is 0.675. The molecular weight excluding hydrogens is 214 g/mol. The first kappa shape index (κ1) is 8.61. The fraction of sp³-hybridized carbons (Fsp3) is 0.100. The molecule has 4 nitrogen and oxygen atoms in total. The molecule has 0 aromatic heterocycles. The Morgan fingerprint density at radius 2 is 2.27 bits per heavy atom. The number of carbonyl (C=O) groups is 1. The maximum absolute atomic E-state index is 11.3. The number of hydrogen-bond donors (Lipinski definition) is 1. The Morgan fingerprint density at radius 1 is 1.40 bits per heavy atom. The Bertz CT molecular complexity index is 511. The third-order valence-electron chi connectivity index (χ3n) is 2.48. The fourth-order valence-corrected chi connectivity index (χ4v) is 1.95. The SMILES string of the molecule is O=C1N=NC2=C3C=C(Cl)C=CC3NC=C12. The van der Waals surface area contributed by atoms with Crippen molar-refractivity contribution in [1.82, 2.24) is 5.32 Å². The van der Waals surface area contributed by atoms with Gasteiger partial charge in [0.25, 0.3) is 5.91 Å². The van der Waals surface area contributed by atoms with Crippen molar-refractivity contribution in [2.24, 2.45) is 10.2 Å². The summed E-state index contributed by atoms with van der Waals surface area (Å²) in [6, 6.07) is 0.0381. The van der Waals surface area contributed by atoms with Crippen molar-refractivity contribution in [2.45, 2.75) is 6.04 Å². The molecule has 15 heavy (non-hydrogen) atoms. The summed E-state index contributed by atoms with van der Waals surface area (Å²) < 4.78 is 0. The molecule has 3 aliphatic rings. The van der Waals surface area contributed by atoms with Gasteiger partial charge in [-0.3, -0.25) is 4.79 Å². The van der Waals surface area contributed by atoms with Crippen molar-refractivity contribution in [2.75, 3.05) is 0 Å². The van der Waals surface area contributed by atoms with E-state index in [0.29, 0.717) is 16.3 Å². The van der Waals surface area contributed by atoms with Crippen LogP contribution in [0.4, 0.5) is 0 Å². The fourth-order valence-electron chi connectivity index (χ4n) is 1.76. The summed E-state index contributed by atoms with van der Waals surface area (Å²) >= 11 is 5.90. The van der Waals surface area contributed by atoms with Crippen LogP contribution in [0.3, 0.4) is 0 Å². The molecule has 0 fully saturated rings. The van der Waals surface area contributed by atoms with Crippen LogP contribution in [-0.4, -0.2) is 11.9 Å². The van der Waals surface area contributed by atoms with Crippen molar-refractivity contribution >= 4 is 17.5 Å². The lowest BCUT2D eigenvalue weighted by Gasteiger charge is -2.23. The first-order valence-corrected chi connectivity index (χ1v) is 4.86. The molecule has 0 saturated carbocycles. The molecule has 1 atom stereocenters. The number of fused-ring (bicyclic) bond motifs is 2. The number of amides is 1. The summed E-state index contributed by atoms with van der Waals surface area (Å²) in [7, 11) is 0. The van der Waals surface area contributed by atoms with Gasteiger partial charge in [-0.25, -0.2) is 0 Å². The smallest absolute Gasteiger partial charge is 0.299 e. The van der Waals surface area contributed by atoms with Crippen molar-refractivity contribution in [3.05, 3.63) is 46.3 Å². The van der Waals surface area contributed by atoms with Gasteiger partial charge in [0.15, 0.2) is 0 Å². The number of halogens is 1. The summed E-state index contributed by atoms with van der Waals surface area (Å²) in [5.41, 5.74) is 2.04. The molecule has 1 unspecified atom stereocenters. The van der Waals surface area contributed by atoms with Crippen LogP contribution in [0, 0.1) is 0 Å². The number of azo groups is 1. The number of nitrogens with one attached hydrogen (secondary N) is 1. The van der Waals surface area contributed by atoms with Crippen LogP contribution in [0.2, 0.25) is 0 Å². The van der Waals surface area contributed by atoms with Gasteiger partial charge >= 0.3 is 0 Å². The van der Waals surface area contributed by atoms with E-state index in [-0.39, 0.29) is 11.9 Å². The lowest BCUT2D eigenvalue weighted by molar-refractivity contribution is -0.114. The zero-order valence-electron chi connectivity index (χ0n) is 7.57. The molecular formula is C10H6ClN3O. The van der Waals surface area contributed by atoms with Gasteiger partial charge in [-0.15, -0.1) is 10.2 Å². The highest BCUT2D eigenvalue weighted by molar-refractivity contribution is 6.31. The van der Waals surface area contributed by atoms with Crippen molar-refractivity contribution in [3.8, 4) is 0 Å². The third kappa shape index (κ3) is 1.18. The van der Waals surface area contributed by atoms with Gasteiger partial charge in [0.2, 0.25) is 0 Å². The maximum atomic E-state index is 11.3. The van der Waals surface area contributed by atoms with Crippen LogP contribution in [-0.2, 0) is 4.79 Å². The normalized spacial score (nSPS) is 27.0.